The lowest BCUT2D eigenvalue weighted by Crippen LogP contribution is -2.41. The second-order valence-corrected chi connectivity index (χ2v) is 6.27. The first-order valence-corrected chi connectivity index (χ1v) is 7.78. The van der Waals surface area contributed by atoms with Crippen LogP contribution in [0.1, 0.15) is 26.2 Å². The highest BCUT2D eigenvalue weighted by Crippen LogP contribution is 2.29. The molecule has 0 aromatic heterocycles. The van der Waals surface area contributed by atoms with Crippen LogP contribution in [0.25, 0.3) is 0 Å². The number of nitrogens with two attached hydrogens (primary N) is 1. The Morgan fingerprint density at radius 2 is 2.32 bits per heavy atom. The molecule has 2 unspecified atom stereocenters. The van der Waals surface area contributed by atoms with Crippen LogP contribution in [-0.2, 0) is 0 Å². The van der Waals surface area contributed by atoms with E-state index in [4.69, 9.17) is 5.73 Å². The summed E-state index contributed by atoms with van der Waals surface area (Å²) in [5.41, 5.74) is 7.07. The number of amides is 2. The fourth-order valence-corrected chi connectivity index (χ4v) is 3.65. The van der Waals surface area contributed by atoms with E-state index in [0.717, 1.165) is 17.9 Å². The normalized spacial score (nSPS) is 22.2. The van der Waals surface area contributed by atoms with E-state index in [1.54, 1.807) is 12.1 Å². The molecule has 0 radical (unpaired) electrons. The molecule has 2 rings (SSSR count). The van der Waals surface area contributed by atoms with Gasteiger partial charge in [-0.3, -0.25) is 0 Å². The van der Waals surface area contributed by atoms with Crippen LogP contribution in [0.5, 0.6) is 0 Å². The van der Waals surface area contributed by atoms with Crippen LogP contribution in [0.3, 0.4) is 0 Å². The van der Waals surface area contributed by atoms with Crippen molar-refractivity contribution in [1.82, 2.24) is 5.32 Å². The first kappa shape index (κ1) is 14.1. The van der Waals surface area contributed by atoms with Crippen molar-refractivity contribution in [2.24, 2.45) is 0 Å². The maximum absolute atomic E-state index is 12.0. The molecule has 0 heterocycles. The molecule has 1 aliphatic carbocycles. The summed E-state index contributed by atoms with van der Waals surface area (Å²) < 4.78 is 0. The Labute approximate surface area is 118 Å². The van der Waals surface area contributed by atoms with Crippen LogP contribution in [0.4, 0.5) is 16.2 Å². The Hall–Kier alpha value is -1.36. The minimum Gasteiger partial charge on any atom is -0.399 e. The number of thioether (sulfide) groups is 1. The molecule has 1 aromatic carbocycles. The van der Waals surface area contributed by atoms with Crippen LogP contribution in [0.15, 0.2) is 24.3 Å². The summed E-state index contributed by atoms with van der Waals surface area (Å²) in [6.07, 6.45) is 3.46. The molecular weight excluding hydrogens is 258 g/mol. The lowest BCUT2D eigenvalue weighted by atomic mass is 10.2. The number of nitrogens with one attached hydrogen (secondary N) is 2. The summed E-state index contributed by atoms with van der Waals surface area (Å²) in [5, 5.41) is 6.46. The van der Waals surface area contributed by atoms with Crippen LogP contribution in [0, 0.1) is 0 Å². The lowest BCUT2D eigenvalue weighted by molar-refractivity contribution is 0.249. The van der Waals surface area contributed by atoms with Crippen molar-refractivity contribution in [3.8, 4) is 0 Å². The van der Waals surface area contributed by atoms with Gasteiger partial charge in [0.2, 0.25) is 0 Å². The first-order valence-electron chi connectivity index (χ1n) is 6.73. The van der Waals surface area contributed by atoms with Crippen LogP contribution < -0.4 is 16.4 Å². The molecule has 4 nitrogen and oxygen atoms in total. The van der Waals surface area contributed by atoms with Gasteiger partial charge in [0.05, 0.1) is 0 Å². The number of hydrogen-bond acceptors (Lipinski definition) is 3. The Bertz CT molecular complexity index is 438. The summed E-state index contributed by atoms with van der Waals surface area (Å²) in [6, 6.07) is 7.37. The maximum Gasteiger partial charge on any atom is 0.319 e. The van der Waals surface area contributed by atoms with Gasteiger partial charge < -0.3 is 16.4 Å². The van der Waals surface area contributed by atoms with Crippen molar-refractivity contribution in [3.05, 3.63) is 24.3 Å². The zero-order valence-electron chi connectivity index (χ0n) is 11.2. The fraction of sp³-hybridized carbons (Fsp3) is 0.500. The molecule has 19 heavy (non-hydrogen) atoms. The van der Waals surface area contributed by atoms with E-state index in [1.807, 2.05) is 23.9 Å². The summed E-state index contributed by atoms with van der Waals surface area (Å²) in [4.78, 5) is 12.0. The van der Waals surface area contributed by atoms with Gasteiger partial charge >= 0.3 is 6.03 Å². The fourth-order valence-electron chi connectivity index (χ4n) is 2.46. The van der Waals surface area contributed by atoms with E-state index in [2.05, 4.69) is 17.6 Å². The van der Waals surface area contributed by atoms with Gasteiger partial charge in [-0.1, -0.05) is 19.4 Å². The SMILES string of the molecule is CCSC1CCCC1NC(=O)Nc1cccc(N)c1. The molecule has 5 heteroatoms. The average Bonchev–Trinajstić information content (AvgIpc) is 2.77. The third-order valence-corrected chi connectivity index (χ3v) is 4.62. The molecule has 0 aliphatic heterocycles. The third-order valence-electron chi connectivity index (χ3n) is 3.29. The number of nitrogen functional groups attached to an aromatic ring is 1. The Balaban J connectivity index is 1.87. The van der Waals surface area contributed by atoms with Crippen molar-refractivity contribution in [3.63, 3.8) is 0 Å². The standard InChI is InChI=1S/C14H21N3OS/c1-2-19-13-8-4-7-12(13)17-14(18)16-11-6-3-5-10(15)9-11/h3,5-6,9,12-13H,2,4,7-8,15H2,1H3,(H2,16,17,18). The predicted octanol–water partition coefficient (Wildman–Crippen LogP) is 3.06. The molecule has 1 fully saturated rings. The summed E-state index contributed by atoms with van der Waals surface area (Å²) in [5.74, 6) is 1.10. The number of benzene rings is 1. The third kappa shape index (κ3) is 4.06. The maximum atomic E-state index is 12.0. The number of urea groups is 1. The van der Waals surface area contributed by atoms with Crippen molar-refractivity contribution in [2.45, 2.75) is 37.5 Å². The Morgan fingerprint density at radius 3 is 3.05 bits per heavy atom. The van der Waals surface area contributed by atoms with Gasteiger partial charge in [-0.15, -0.1) is 0 Å². The molecule has 1 aromatic rings. The lowest BCUT2D eigenvalue weighted by Gasteiger charge is -2.20. The van der Waals surface area contributed by atoms with E-state index in [1.165, 1.54) is 12.8 Å². The summed E-state index contributed by atoms with van der Waals surface area (Å²) >= 11 is 1.94. The van der Waals surface area contributed by atoms with E-state index < -0.39 is 0 Å². The molecule has 104 valence electrons. The van der Waals surface area contributed by atoms with Crippen molar-refractivity contribution >= 4 is 29.2 Å². The second-order valence-electron chi connectivity index (χ2n) is 4.76. The van der Waals surface area contributed by atoms with Gasteiger partial charge in [-0.2, -0.15) is 11.8 Å². The zero-order valence-corrected chi connectivity index (χ0v) is 12.0. The highest BCUT2D eigenvalue weighted by atomic mass is 32.2. The molecule has 0 spiro atoms. The quantitative estimate of drug-likeness (QED) is 0.742. The topological polar surface area (TPSA) is 67.2 Å². The van der Waals surface area contributed by atoms with Crippen LogP contribution in [0.2, 0.25) is 0 Å². The summed E-state index contributed by atoms with van der Waals surface area (Å²) in [7, 11) is 0. The van der Waals surface area contributed by atoms with E-state index in [9.17, 15) is 4.79 Å². The van der Waals surface area contributed by atoms with Gasteiger partial charge in [0.15, 0.2) is 0 Å². The number of carbonyl (C=O) groups excluding carboxylic acids is 1. The van der Waals surface area contributed by atoms with E-state index in [-0.39, 0.29) is 12.1 Å². The molecule has 2 atom stereocenters. The molecular formula is C14H21N3OS. The second kappa shape index (κ2) is 6.70. The molecule has 2 amide bonds. The van der Waals surface area contributed by atoms with Crippen molar-refractivity contribution in [2.75, 3.05) is 16.8 Å². The zero-order chi connectivity index (χ0) is 13.7. The van der Waals surface area contributed by atoms with Gasteiger partial charge in [-0.05, 0) is 36.8 Å². The van der Waals surface area contributed by atoms with Crippen LogP contribution in [-0.4, -0.2) is 23.1 Å². The predicted molar refractivity (Wildman–Crippen MR) is 82.6 cm³/mol. The number of rotatable bonds is 4. The van der Waals surface area contributed by atoms with Gasteiger partial charge in [0.1, 0.15) is 0 Å². The van der Waals surface area contributed by atoms with Crippen LogP contribution >= 0.6 is 11.8 Å². The Morgan fingerprint density at radius 1 is 1.47 bits per heavy atom. The van der Waals surface area contributed by atoms with E-state index >= 15 is 0 Å². The minimum absolute atomic E-state index is 0.140. The monoisotopic (exact) mass is 279 g/mol. The summed E-state index contributed by atoms with van der Waals surface area (Å²) in [6.45, 7) is 2.16. The molecule has 0 bridgehead atoms. The number of carbonyl (C=O) groups is 1. The highest BCUT2D eigenvalue weighted by Gasteiger charge is 2.28. The smallest absolute Gasteiger partial charge is 0.319 e. The average molecular weight is 279 g/mol. The van der Waals surface area contributed by atoms with Crippen molar-refractivity contribution < 1.29 is 4.79 Å². The number of hydrogen-bond donors (Lipinski definition) is 3. The minimum atomic E-state index is -0.140. The van der Waals surface area contributed by atoms with Gasteiger partial charge in [-0.25, -0.2) is 4.79 Å². The largest absolute Gasteiger partial charge is 0.399 e. The van der Waals surface area contributed by atoms with Crippen molar-refractivity contribution in [1.29, 1.82) is 0 Å². The Kier molecular flexibility index (Phi) is 4.96. The molecule has 4 N–H and O–H groups in total. The van der Waals surface area contributed by atoms with E-state index in [0.29, 0.717) is 10.9 Å². The molecule has 1 saturated carbocycles. The highest BCUT2D eigenvalue weighted by molar-refractivity contribution is 7.99. The van der Waals surface area contributed by atoms with Gasteiger partial charge in [0.25, 0.3) is 0 Å². The first-order chi connectivity index (χ1) is 9.19. The molecule has 0 saturated heterocycles. The molecule has 1 aliphatic rings. The van der Waals surface area contributed by atoms with Gasteiger partial charge in [0, 0.05) is 22.7 Å². The number of anilines is 2.